The van der Waals surface area contributed by atoms with Crippen molar-refractivity contribution in [1.29, 1.82) is 0 Å². The van der Waals surface area contributed by atoms with Gasteiger partial charge in [-0.05, 0) is 61.6 Å². The minimum absolute atomic E-state index is 0.144. The van der Waals surface area contributed by atoms with Gasteiger partial charge < -0.3 is 10.1 Å². The Morgan fingerprint density at radius 3 is 2.32 bits per heavy atom. The van der Waals surface area contributed by atoms with Crippen LogP contribution in [0.1, 0.15) is 52.5 Å². The Kier molecular flexibility index (Phi) is 6.34. The molecular formula is C21H25NO3. The van der Waals surface area contributed by atoms with Crippen molar-refractivity contribution in [2.24, 2.45) is 0 Å². The minimum atomic E-state index is -0.489. The maximum atomic E-state index is 12.0. The molecule has 2 aromatic carbocycles. The van der Waals surface area contributed by atoms with E-state index in [0.29, 0.717) is 5.56 Å². The molecule has 0 aliphatic heterocycles. The molecule has 0 spiro atoms. The molecule has 0 bridgehead atoms. The first kappa shape index (κ1) is 18.7. The first-order valence-electron chi connectivity index (χ1n) is 8.53. The van der Waals surface area contributed by atoms with Gasteiger partial charge in [0.2, 0.25) is 0 Å². The van der Waals surface area contributed by atoms with Crippen LogP contribution in [-0.4, -0.2) is 18.5 Å². The molecule has 0 fully saturated rings. The van der Waals surface area contributed by atoms with E-state index in [1.165, 1.54) is 11.1 Å². The van der Waals surface area contributed by atoms with Crippen molar-refractivity contribution in [2.45, 2.75) is 40.2 Å². The Balaban J connectivity index is 1.86. The molecule has 0 saturated carbocycles. The maximum Gasteiger partial charge on any atom is 0.338 e. The molecular weight excluding hydrogens is 314 g/mol. The van der Waals surface area contributed by atoms with Gasteiger partial charge in [0.25, 0.3) is 5.91 Å². The summed E-state index contributed by atoms with van der Waals surface area (Å²) in [5, 5.41) is 2.85. The fraction of sp³-hybridized carbons (Fsp3) is 0.333. The molecule has 2 aromatic rings. The standard InChI is InChI=1S/C21H25NO3/c1-5-17-7-10-18(11-8-17)21(24)25-13-20(23)22-16(4)19-9-6-14(2)15(3)12-19/h6-12,16H,5,13H2,1-4H3,(H,22,23)/t16-/m0/s1. The Morgan fingerprint density at radius 2 is 1.72 bits per heavy atom. The monoisotopic (exact) mass is 339 g/mol. The summed E-state index contributed by atoms with van der Waals surface area (Å²) in [5.41, 5.74) is 5.02. The van der Waals surface area contributed by atoms with Crippen LogP contribution in [0.2, 0.25) is 0 Å². The number of carbonyl (C=O) groups is 2. The van der Waals surface area contributed by atoms with Crippen LogP contribution in [0, 0.1) is 13.8 Å². The van der Waals surface area contributed by atoms with Crippen LogP contribution in [-0.2, 0) is 16.0 Å². The van der Waals surface area contributed by atoms with E-state index in [9.17, 15) is 9.59 Å². The van der Waals surface area contributed by atoms with E-state index in [-0.39, 0.29) is 18.6 Å². The number of hydrogen-bond acceptors (Lipinski definition) is 3. The van der Waals surface area contributed by atoms with Crippen LogP contribution < -0.4 is 5.32 Å². The zero-order valence-corrected chi connectivity index (χ0v) is 15.3. The lowest BCUT2D eigenvalue weighted by molar-refractivity contribution is -0.124. The number of rotatable bonds is 6. The number of benzene rings is 2. The normalized spacial score (nSPS) is 11.7. The summed E-state index contributed by atoms with van der Waals surface area (Å²) in [7, 11) is 0. The van der Waals surface area contributed by atoms with Gasteiger partial charge in [-0.1, -0.05) is 37.3 Å². The molecule has 2 rings (SSSR count). The molecule has 25 heavy (non-hydrogen) atoms. The number of hydrogen-bond donors (Lipinski definition) is 1. The summed E-state index contributed by atoms with van der Waals surface area (Å²) < 4.78 is 5.09. The number of carbonyl (C=O) groups excluding carboxylic acids is 2. The third kappa shape index (κ3) is 5.18. The fourth-order valence-corrected chi connectivity index (χ4v) is 2.49. The van der Waals surface area contributed by atoms with Gasteiger partial charge in [0.1, 0.15) is 0 Å². The van der Waals surface area contributed by atoms with Crippen LogP contribution in [0.5, 0.6) is 0 Å². The van der Waals surface area contributed by atoms with Crippen molar-refractivity contribution in [2.75, 3.05) is 6.61 Å². The smallest absolute Gasteiger partial charge is 0.338 e. The molecule has 0 saturated heterocycles. The molecule has 1 N–H and O–H groups in total. The molecule has 4 nitrogen and oxygen atoms in total. The second-order valence-corrected chi connectivity index (χ2v) is 6.26. The number of nitrogens with one attached hydrogen (secondary N) is 1. The van der Waals surface area contributed by atoms with E-state index >= 15 is 0 Å². The zero-order valence-electron chi connectivity index (χ0n) is 15.3. The van der Waals surface area contributed by atoms with Gasteiger partial charge in [-0.25, -0.2) is 4.79 Å². The van der Waals surface area contributed by atoms with Crippen molar-refractivity contribution in [1.82, 2.24) is 5.32 Å². The van der Waals surface area contributed by atoms with Gasteiger partial charge >= 0.3 is 5.97 Å². The van der Waals surface area contributed by atoms with Gasteiger partial charge in [-0.2, -0.15) is 0 Å². The lowest BCUT2D eigenvalue weighted by atomic mass is 10.0. The predicted molar refractivity (Wildman–Crippen MR) is 98.6 cm³/mol. The topological polar surface area (TPSA) is 55.4 Å². The summed E-state index contributed by atoms with van der Waals surface area (Å²) in [4.78, 5) is 24.0. The number of esters is 1. The highest BCUT2D eigenvalue weighted by atomic mass is 16.5. The highest BCUT2D eigenvalue weighted by molar-refractivity contribution is 5.91. The van der Waals surface area contributed by atoms with Crippen LogP contribution in [0.3, 0.4) is 0 Å². The zero-order chi connectivity index (χ0) is 18.4. The molecule has 0 aromatic heterocycles. The second-order valence-electron chi connectivity index (χ2n) is 6.26. The average molecular weight is 339 g/mol. The van der Waals surface area contributed by atoms with E-state index in [1.807, 2.05) is 45.0 Å². The Labute approximate surface area is 149 Å². The van der Waals surface area contributed by atoms with Crippen LogP contribution in [0.15, 0.2) is 42.5 Å². The van der Waals surface area contributed by atoms with Crippen molar-refractivity contribution in [3.8, 4) is 0 Å². The van der Waals surface area contributed by atoms with E-state index in [1.54, 1.807) is 12.1 Å². The first-order valence-corrected chi connectivity index (χ1v) is 8.53. The van der Waals surface area contributed by atoms with E-state index < -0.39 is 5.97 Å². The van der Waals surface area contributed by atoms with Gasteiger partial charge in [0, 0.05) is 0 Å². The number of aryl methyl sites for hydroxylation is 3. The number of amides is 1. The molecule has 0 heterocycles. The summed E-state index contributed by atoms with van der Waals surface area (Å²) in [6, 6.07) is 13.2. The fourth-order valence-electron chi connectivity index (χ4n) is 2.49. The third-order valence-electron chi connectivity index (χ3n) is 4.34. The second kappa shape index (κ2) is 8.47. The summed E-state index contributed by atoms with van der Waals surface area (Å²) in [5.74, 6) is -0.805. The predicted octanol–water partition coefficient (Wildman–Crippen LogP) is 3.90. The lowest BCUT2D eigenvalue weighted by Gasteiger charge is -2.15. The quantitative estimate of drug-likeness (QED) is 0.812. The molecule has 1 amide bonds. The van der Waals surface area contributed by atoms with E-state index in [0.717, 1.165) is 17.5 Å². The SMILES string of the molecule is CCc1ccc(C(=O)OCC(=O)N[C@@H](C)c2ccc(C)c(C)c2)cc1. The molecule has 1 atom stereocenters. The van der Waals surface area contributed by atoms with Crippen molar-refractivity contribution >= 4 is 11.9 Å². The molecule has 4 heteroatoms. The van der Waals surface area contributed by atoms with Crippen LogP contribution >= 0.6 is 0 Å². The van der Waals surface area contributed by atoms with Gasteiger partial charge in [-0.3, -0.25) is 4.79 Å². The maximum absolute atomic E-state index is 12.0. The van der Waals surface area contributed by atoms with Crippen LogP contribution in [0.4, 0.5) is 0 Å². The highest BCUT2D eigenvalue weighted by Crippen LogP contribution is 2.16. The van der Waals surface area contributed by atoms with Crippen molar-refractivity contribution in [3.63, 3.8) is 0 Å². The van der Waals surface area contributed by atoms with Gasteiger partial charge in [0.05, 0.1) is 11.6 Å². The minimum Gasteiger partial charge on any atom is -0.452 e. The molecule has 0 radical (unpaired) electrons. The van der Waals surface area contributed by atoms with Gasteiger partial charge in [0.15, 0.2) is 6.61 Å². The average Bonchev–Trinajstić information content (AvgIpc) is 2.62. The summed E-state index contributed by atoms with van der Waals surface area (Å²) >= 11 is 0. The Morgan fingerprint density at radius 1 is 1.04 bits per heavy atom. The molecule has 132 valence electrons. The summed E-state index contributed by atoms with van der Waals surface area (Å²) in [6.45, 7) is 7.76. The number of ether oxygens (including phenoxy) is 1. The highest BCUT2D eigenvalue weighted by Gasteiger charge is 2.13. The van der Waals surface area contributed by atoms with Gasteiger partial charge in [-0.15, -0.1) is 0 Å². The van der Waals surface area contributed by atoms with Crippen LogP contribution in [0.25, 0.3) is 0 Å². The van der Waals surface area contributed by atoms with E-state index in [4.69, 9.17) is 4.74 Å². The summed E-state index contributed by atoms with van der Waals surface area (Å²) in [6.07, 6.45) is 0.911. The third-order valence-corrected chi connectivity index (χ3v) is 4.34. The lowest BCUT2D eigenvalue weighted by Crippen LogP contribution is -2.31. The van der Waals surface area contributed by atoms with Crippen molar-refractivity contribution in [3.05, 3.63) is 70.3 Å². The molecule has 0 aliphatic carbocycles. The largest absolute Gasteiger partial charge is 0.452 e. The van der Waals surface area contributed by atoms with Crippen molar-refractivity contribution < 1.29 is 14.3 Å². The molecule has 0 unspecified atom stereocenters. The first-order chi connectivity index (χ1) is 11.9. The Bertz CT molecular complexity index is 750. The molecule has 0 aliphatic rings. The Hall–Kier alpha value is -2.62. The van der Waals surface area contributed by atoms with E-state index in [2.05, 4.69) is 18.3 Å².